The molecule has 0 fully saturated rings. The number of aliphatic carboxylic acids is 1. The first-order valence-corrected chi connectivity index (χ1v) is 6.34. The van der Waals surface area contributed by atoms with Crippen molar-refractivity contribution in [3.63, 3.8) is 0 Å². The van der Waals surface area contributed by atoms with Gasteiger partial charge < -0.3 is 20.7 Å². The Kier molecular flexibility index (Phi) is 5.37. The quantitative estimate of drug-likeness (QED) is 0.604. The molecule has 0 unspecified atom stereocenters. The summed E-state index contributed by atoms with van der Waals surface area (Å²) in [7, 11) is 0. The summed E-state index contributed by atoms with van der Waals surface area (Å²) in [5, 5.41) is 15.3. The first-order valence-electron chi connectivity index (χ1n) is 5.46. The van der Waals surface area contributed by atoms with Gasteiger partial charge in [-0.05, 0) is 6.42 Å². The number of amides is 2. The molecule has 1 rings (SSSR count). The van der Waals surface area contributed by atoms with Crippen molar-refractivity contribution in [2.24, 2.45) is 0 Å². The second-order valence-electron chi connectivity index (χ2n) is 3.68. The first-order chi connectivity index (χ1) is 8.52. The van der Waals surface area contributed by atoms with Gasteiger partial charge in [-0.15, -0.1) is 0 Å². The number of carbonyl (C=O) groups is 2. The monoisotopic (exact) mass is 273 g/mol. The Bertz CT molecular complexity index is 468. The average Bonchev–Trinajstić information content (AvgIpc) is 2.72. The average molecular weight is 273 g/mol. The molecule has 100 valence electrons. The predicted octanol–water partition coefficient (Wildman–Crippen LogP) is 0.489. The number of nitrogens with one attached hydrogen (secondary N) is 3. The second kappa shape index (κ2) is 6.80. The van der Waals surface area contributed by atoms with Gasteiger partial charge in [-0.1, -0.05) is 24.7 Å². The molecular weight excluding hydrogens is 258 g/mol. The van der Waals surface area contributed by atoms with E-state index in [9.17, 15) is 14.4 Å². The number of rotatable bonds is 6. The molecule has 0 aliphatic carbocycles. The van der Waals surface area contributed by atoms with Gasteiger partial charge in [-0.3, -0.25) is 4.79 Å². The van der Waals surface area contributed by atoms with E-state index < -0.39 is 18.0 Å². The van der Waals surface area contributed by atoms with Crippen LogP contribution in [-0.2, 0) is 11.3 Å². The third-order valence-corrected chi connectivity index (χ3v) is 2.91. The van der Waals surface area contributed by atoms with Gasteiger partial charge in [0, 0.05) is 11.1 Å². The van der Waals surface area contributed by atoms with E-state index in [0.29, 0.717) is 18.5 Å². The summed E-state index contributed by atoms with van der Waals surface area (Å²) in [6.07, 6.45) is 1.03. The van der Waals surface area contributed by atoms with Crippen molar-refractivity contribution in [3.05, 3.63) is 20.7 Å². The number of H-pyrrole nitrogens is 1. The lowest BCUT2D eigenvalue weighted by atomic mass is 10.2. The van der Waals surface area contributed by atoms with E-state index in [1.165, 1.54) is 0 Å². The molecule has 0 bridgehead atoms. The normalized spacial score (nSPS) is 11.8. The highest BCUT2D eigenvalue weighted by Crippen LogP contribution is 1.97. The topological polar surface area (TPSA) is 111 Å². The Morgan fingerprint density at radius 1 is 1.56 bits per heavy atom. The molecule has 1 aromatic rings. The van der Waals surface area contributed by atoms with Crippen LogP contribution in [0.2, 0.25) is 0 Å². The van der Waals surface area contributed by atoms with Crippen molar-refractivity contribution in [1.82, 2.24) is 15.6 Å². The van der Waals surface area contributed by atoms with Gasteiger partial charge in [0.2, 0.25) is 0 Å². The Morgan fingerprint density at radius 2 is 2.28 bits per heavy atom. The lowest BCUT2D eigenvalue weighted by Crippen LogP contribution is -2.45. The Morgan fingerprint density at radius 3 is 2.78 bits per heavy atom. The zero-order valence-corrected chi connectivity index (χ0v) is 10.7. The van der Waals surface area contributed by atoms with Crippen LogP contribution in [0.5, 0.6) is 0 Å². The maximum atomic E-state index is 11.4. The van der Waals surface area contributed by atoms with Crippen LogP contribution in [0.3, 0.4) is 0 Å². The number of carbonyl (C=O) groups excluding carboxylic acids is 1. The Labute approximate surface area is 107 Å². The van der Waals surface area contributed by atoms with Gasteiger partial charge in [0.15, 0.2) is 0 Å². The van der Waals surface area contributed by atoms with E-state index in [1.807, 2.05) is 6.92 Å². The lowest BCUT2D eigenvalue weighted by Gasteiger charge is -2.13. The molecule has 7 nitrogen and oxygen atoms in total. The fourth-order valence-corrected chi connectivity index (χ4v) is 1.91. The number of hydrogen-bond acceptors (Lipinski definition) is 4. The molecule has 1 aromatic heterocycles. The fourth-order valence-electron chi connectivity index (χ4n) is 1.33. The maximum Gasteiger partial charge on any atom is 0.326 e. The molecule has 0 radical (unpaired) electrons. The van der Waals surface area contributed by atoms with Crippen molar-refractivity contribution in [2.75, 3.05) is 0 Å². The number of aromatic nitrogens is 1. The number of carboxylic acids is 1. The molecule has 0 saturated heterocycles. The zero-order chi connectivity index (χ0) is 13.5. The molecule has 0 spiro atoms. The van der Waals surface area contributed by atoms with Crippen LogP contribution in [-0.4, -0.2) is 28.1 Å². The van der Waals surface area contributed by atoms with Crippen molar-refractivity contribution < 1.29 is 14.7 Å². The molecule has 0 aliphatic rings. The molecule has 18 heavy (non-hydrogen) atoms. The molecule has 8 heteroatoms. The van der Waals surface area contributed by atoms with E-state index in [4.69, 9.17) is 5.11 Å². The van der Waals surface area contributed by atoms with Crippen LogP contribution in [0.25, 0.3) is 0 Å². The van der Waals surface area contributed by atoms with Crippen LogP contribution in [0.1, 0.15) is 25.5 Å². The summed E-state index contributed by atoms with van der Waals surface area (Å²) >= 11 is 1.01. The number of thiazole rings is 1. The van der Waals surface area contributed by atoms with Gasteiger partial charge in [-0.2, -0.15) is 0 Å². The second-order valence-corrected chi connectivity index (χ2v) is 4.52. The lowest BCUT2D eigenvalue weighted by molar-refractivity contribution is -0.139. The minimum atomic E-state index is -1.06. The Hall–Kier alpha value is -1.83. The van der Waals surface area contributed by atoms with Crippen LogP contribution in [0.4, 0.5) is 4.79 Å². The molecule has 1 atom stereocenters. The third kappa shape index (κ3) is 4.58. The number of urea groups is 1. The van der Waals surface area contributed by atoms with Crippen LogP contribution in [0, 0.1) is 0 Å². The van der Waals surface area contributed by atoms with E-state index in [0.717, 1.165) is 11.3 Å². The predicted molar refractivity (Wildman–Crippen MR) is 66.6 cm³/mol. The highest BCUT2D eigenvalue weighted by Gasteiger charge is 2.18. The third-order valence-electron chi connectivity index (χ3n) is 2.19. The molecule has 0 aromatic carbocycles. The Balaban J connectivity index is 2.40. The van der Waals surface area contributed by atoms with Gasteiger partial charge in [0.1, 0.15) is 6.04 Å². The minimum Gasteiger partial charge on any atom is -0.480 e. The summed E-state index contributed by atoms with van der Waals surface area (Å²) in [6, 6.07) is -1.46. The molecule has 4 N–H and O–H groups in total. The van der Waals surface area contributed by atoms with E-state index in [-0.39, 0.29) is 11.4 Å². The van der Waals surface area contributed by atoms with Crippen LogP contribution in [0.15, 0.2) is 10.2 Å². The van der Waals surface area contributed by atoms with Crippen molar-refractivity contribution in [2.45, 2.75) is 32.4 Å². The van der Waals surface area contributed by atoms with E-state index in [2.05, 4.69) is 15.6 Å². The molecule has 1 heterocycles. The SMILES string of the molecule is CCC[C@@H](NC(=O)NCc1csc(=O)[nH]1)C(=O)O. The molecule has 0 saturated carbocycles. The standard InChI is InChI=1S/C10H15N3O4S/c1-2-3-7(8(14)15)13-9(16)11-4-6-5-18-10(17)12-6/h5,7H,2-4H2,1H3,(H,12,17)(H,14,15)(H2,11,13,16)/t7-/m1/s1. The van der Waals surface area contributed by atoms with Crippen LogP contribution >= 0.6 is 11.3 Å². The molecule has 0 aliphatic heterocycles. The van der Waals surface area contributed by atoms with Gasteiger partial charge in [-0.25, -0.2) is 9.59 Å². The number of carboxylic acid groups (broad SMARTS) is 1. The first kappa shape index (κ1) is 14.2. The number of hydrogen-bond donors (Lipinski definition) is 4. The summed E-state index contributed by atoms with van der Waals surface area (Å²) in [4.78, 5) is 35.4. The fraction of sp³-hybridized carbons (Fsp3) is 0.500. The molecular formula is C10H15N3O4S. The maximum absolute atomic E-state index is 11.4. The van der Waals surface area contributed by atoms with Gasteiger partial charge in [0.25, 0.3) is 0 Å². The van der Waals surface area contributed by atoms with Crippen molar-refractivity contribution in [1.29, 1.82) is 0 Å². The van der Waals surface area contributed by atoms with Gasteiger partial charge in [0.05, 0.1) is 6.54 Å². The highest BCUT2D eigenvalue weighted by atomic mass is 32.1. The smallest absolute Gasteiger partial charge is 0.326 e. The minimum absolute atomic E-state index is 0.156. The highest BCUT2D eigenvalue weighted by molar-refractivity contribution is 7.07. The number of aromatic amines is 1. The van der Waals surface area contributed by atoms with Crippen LogP contribution < -0.4 is 15.5 Å². The van der Waals surface area contributed by atoms with Crippen molar-refractivity contribution in [3.8, 4) is 0 Å². The summed E-state index contributed by atoms with van der Waals surface area (Å²) in [5.41, 5.74) is 0.586. The largest absolute Gasteiger partial charge is 0.480 e. The van der Waals surface area contributed by atoms with E-state index >= 15 is 0 Å². The van der Waals surface area contributed by atoms with Gasteiger partial charge >= 0.3 is 16.9 Å². The summed E-state index contributed by atoms with van der Waals surface area (Å²) in [6.45, 7) is 1.99. The van der Waals surface area contributed by atoms with E-state index in [1.54, 1.807) is 5.38 Å². The summed E-state index contributed by atoms with van der Waals surface area (Å²) in [5.74, 6) is -1.06. The zero-order valence-electron chi connectivity index (χ0n) is 9.86. The summed E-state index contributed by atoms with van der Waals surface area (Å²) < 4.78 is 0. The molecule has 2 amide bonds. The van der Waals surface area contributed by atoms with Crippen molar-refractivity contribution >= 4 is 23.3 Å².